The number of hydrazine groups is 1. The predicted octanol–water partition coefficient (Wildman–Crippen LogP) is -0.305. The van der Waals surface area contributed by atoms with Gasteiger partial charge in [-0.15, -0.1) is 0 Å². The van der Waals surface area contributed by atoms with Crippen molar-refractivity contribution in [2.45, 2.75) is 6.10 Å². The molecular weight excluding hydrogens is 242 g/mol. The van der Waals surface area contributed by atoms with E-state index in [4.69, 9.17) is 10.6 Å². The van der Waals surface area contributed by atoms with Crippen molar-refractivity contribution in [2.24, 2.45) is 5.84 Å². The van der Waals surface area contributed by atoms with Crippen LogP contribution >= 0.6 is 0 Å². The number of nitrogens with two attached hydrogens (primary N) is 1. The highest BCUT2D eigenvalue weighted by Crippen LogP contribution is 2.19. The number of aliphatic hydroxyl groups is 1. The number of rotatable bonds is 7. The maximum atomic E-state index is 10.7. The van der Waals surface area contributed by atoms with Gasteiger partial charge in [-0.05, 0) is 0 Å². The molecule has 0 aromatic carbocycles. The second-order valence-corrected chi connectivity index (χ2v) is 3.49. The zero-order valence-electron chi connectivity index (χ0n) is 9.79. The van der Waals surface area contributed by atoms with Gasteiger partial charge in [0.15, 0.2) is 0 Å². The molecule has 1 aromatic heterocycles. The van der Waals surface area contributed by atoms with Gasteiger partial charge in [0.05, 0.1) is 29.8 Å². The van der Waals surface area contributed by atoms with Gasteiger partial charge in [0, 0.05) is 13.7 Å². The van der Waals surface area contributed by atoms with Gasteiger partial charge >= 0.3 is 0 Å². The normalized spacial score (nSPS) is 11.9. The third kappa shape index (κ3) is 4.13. The number of nitro groups is 1. The van der Waals surface area contributed by atoms with Crippen molar-refractivity contribution >= 4 is 17.3 Å². The SMILES string of the molecule is COCC(O)CNc1cc([N+](=O)[O-])cc(NN)n1. The number of ether oxygens (including phenoxy) is 1. The number of nitrogens with zero attached hydrogens (tertiary/aromatic N) is 2. The van der Waals surface area contributed by atoms with E-state index in [1.807, 2.05) is 0 Å². The molecule has 0 aliphatic rings. The Labute approximate surface area is 103 Å². The Bertz CT molecular complexity index is 414. The minimum atomic E-state index is -0.731. The lowest BCUT2D eigenvalue weighted by Gasteiger charge is -2.11. The highest BCUT2D eigenvalue weighted by atomic mass is 16.6. The molecule has 0 saturated carbocycles. The van der Waals surface area contributed by atoms with Crippen LogP contribution < -0.4 is 16.6 Å². The number of nitrogens with one attached hydrogen (secondary N) is 2. The average molecular weight is 257 g/mol. The Morgan fingerprint density at radius 1 is 1.61 bits per heavy atom. The molecule has 9 heteroatoms. The lowest BCUT2D eigenvalue weighted by atomic mass is 10.3. The zero-order valence-corrected chi connectivity index (χ0v) is 9.79. The van der Waals surface area contributed by atoms with Gasteiger partial charge in [-0.25, -0.2) is 10.8 Å². The quantitative estimate of drug-likeness (QED) is 0.297. The fraction of sp³-hybridized carbons (Fsp3) is 0.444. The van der Waals surface area contributed by atoms with Crippen molar-refractivity contribution < 1.29 is 14.8 Å². The average Bonchev–Trinajstić information content (AvgIpc) is 2.36. The van der Waals surface area contributed by atoms with Gasteiger partial charge in [-0.1, -0.05) is 0 Å². The Morgan fingerprint density at radius 2 is 2.28 bits per heavy atom. The van der Waals surface area contributed by atoms with Crippen molar-refractivity contribution in [1.82, 2.24) is 4.98 Å². The first-order valence-electron chi connectivity index (χ1n) is 5.10. The molecule has 18 heavy (non-hydrogen) atoms. The van der Waals surface area contributed by atoms with E-state index in [9.17, 15) is 15.2 Å². The van der Waals surface area contributed by atoms with Gasteiger partial charge in [0.1, 0.15) is 11.6 Å². The summed E-state index contributed by atoms with van der Waals surface area (Å²) in [6.07, 6.45) is -0.731. The minimum Gasteiger partial charge on any atom is -0.389 e. The standard InChI is InChI=1S/C9H15N5O4/c1-18-5-7(15)4-11-8-2-6(14(16)17)3-9(12-8)13-10/h2-3,7,15H,4-5,10H2,1H3,(H2,11,12,13). The van der Waals surface area contributed by atoms with E-state index in [1.165, 1.54) is 19.2 Å². The molecule has 0 spiro atoms. The van der Waals surface area contributed by atoms with Gasteiger partial charge < -0.3 is 20.6 Å². The highest BCUT2D eigenvalue weighted by molar-refractivity contribution is 5.54. The fourth-order valence-electron chi connectivity index (χ4n) is 1.26. The van der Waals surface area contributed by atoms with Crippen molar-refractivity contribution in [2.75, 3.05) is 31.0 Å². The summed E-state index contributed by atoms with van der Waals surface area (Å²) in [5.74, 6) is 5.56. The predicted molar refractivity (Wildman–Crippen MR) is 65.1 cm³/mol. The van der Waals surface area contributed by atoms with E-state index in [2.05, 4.69) is 15.7 Å². The maximum Gasteiger partial charge on any atom is 0.276 e. The van der Waals surface area contributed by atoms with E-state index < -0.39 is 11.0 Å². The molecule has 0 saturated heterocycles. The Kier molecular flexibility index (Phi) is 5.24. The summed E-state index contributed by atoms with van der Waals surface area (Å²) in [7, 11) is 1.46. The van der Waals surface area contributed by atoms with Gasteiger partial charge in [-0.2, -0.15) is 0 Å². The van der Waals surface area contributed by atoms with Crippen LogP contribution in [0.1, 0.15) is 0 Å². The molecule has 1 unspecified atom stereocenters. The number of pyridine rings is 1. The van der Waals surface area contributed by atoms with E-state index in [1.54, 1.807) is 0 Å². The summed E-state index contributed by atoms with van der Waals surface area (Å²) in [6, 6.07) is 2.46. The van der Waals surface area contributed by atoms with Crippen LogP contribution in [0, 0.1) is 10.1 Å². The first-order chi connectivity index (χ1) is 8.56. The molecule has 5 N–H and O–H groups in total. The topological polar surface area (TPSA) is 136 Å². The van der Waals surface area contributed by atoms with Crippen molar-refractivity contribution in [3.05, 3.63) is 22.2 Å². The molecule has 0 aliphatic heterocycles. The molecule has 0 fully saturated rings. The first-order valence-corrected chi connectivity index (χ1v) is 5.10. The largest absolute Gasteiger partial charge is 0.389 e. The maximum absolute atomic E-state index is 10.7. The fourth-order valence-corrected chi connectivity index (χ4v) is 1.26. The monoisotopic (exact) mass is 257 g/mol. The van der Waals surface area contributed by atoms with E-state index in [-0.39, 0.29) is 30.5 Å². The second-order valence-electron chi connectivity index (χ2n) is 3.49. The summed E-state index contributed by atoms with van der Waals surface area (Å²) in [5, 5.41) is 22.9. The molecule has 1 aromatic rings. The third-order valence-electron chi connectivity index (χ3n) is 2.05. The molecule has 0 bridgehead atoms. The summed E-state index contributed by atoms with van der Waals surface area (Å²) < 4.78 is 4.75. The molecule has 0 aliphatic carbocycles. The number of methoxy groups -OCH3 is 1. The van der Waals surface area contributed by atoms with Gasteiger partial charge in [0.2, 0.25) is 0 Å². The van der Waals surface area contributed by atoms with E-state index in [0.29, 0.717) is 0 Å². The highest BCUT2D eigenvalue weighted by Gasteiger charge is 2.11. The molecule has 1 rings (SSSR count). The molecule has 0 amide bonds. The lowest BCUT2D eigenvalue weighted by molar-refractivity contribution is -0.384. The van der Waals surface area contributed by atoms with Crippen LogP contribution in [-0.2, 0) is 4.74 Å². The molecule has 1 heterocycles. The Hall–Kier alpha value is -1.97. The summed E-state index contributed by atoms with van der Waals surface area (Å²) in [4.78, 5) is 14.1. The van der Waals surface area contributed by atoms with Crippen molar-refractivity contribution in [3.8, 4) is 0 Å². The van der Waals surface area contributed by atoms with E-state index in [0.717, 1.165) is 0 Å². The summed E-state index contributed by atoms with van der Waals surface area (Å²) in [6.45, 7) is 0.315. The van der Waals surface area contributed by atoms with Gasteiger partial charge in [-0.3, -0.25) is 10.1 Å². The third-order valence-corrected chi connectivity index (χ3v) is 2.05. The minimum absolute atomic E-state index is 0.151. The number of aromatic nitrogens is 1. The van der Waals surface area contributed by atoms with Crippen LogP contribution in [-0.4, -0.2) is 41.4 Å². The smallest absolute Gasteiger partial charge is 0.276 e. The van der Waals surface area contributed by atoms with Crippen molar-refractivity contribution in [3.63, 3.8) is 0 Å². The van der Waals surface area contributed by atoms with Crippen molar-refractivity contribution in [1.29, 1.82) is 0 Å². The second kappa shape index (κ2) is 6.69. The Morgan fingerprint density at radius 3 is 2.83 bits per heavy atom. The molecule has 0 radical (unpaired) electrons. The lowest BCUT2D eigenvalue weighted by Crippen LogP contribution is -2.24. The first kappa shape index (κ1) is 14.1. The van der Waals surface area contributed by atoms with E-state index >= 15 is 0 Å². The van der Waals surface area contributed by atoms with Crippen LogP contribution in [0.25, 0.3) is 0 Å². The molecular formula is C9H15N5O4. The van der Waals surface area contributed by atoms with Gasteiger partial charge in [0.25, 0.3) is 5.69 Å². The number of aliphatic hydroxyl groups excluding tert-OH is 1. The molecule has 100 valence electrons. The molecule has 1 atom stereocenters. The van der Waals surface area contributed by atoms with Crippen LogP contribution in [0.2, 0.25) is 0 Å². The van der Waals surface area contributed by atoms with Crippen LogP contribution in [0.4, 0.5) is 17.3 Å². The number of hydrogen-bond donors (Lipinski definition) is 4. The van der Waals surface area contributed by atoms with Crippen LogP contribution in [0.5, 0.6) is 0 Å². The summed E-state index contributed by atoms with van der Waals surface area (Å²) in [5.41, 5.74) is 2.08. The van der Waals surface area contributed by atoms with Crippen LogP contribution in [0.3, 0.4) is 0 Å². The summed E-state index contributed by atoms with van der Waals surface area (Å²) >= 11 is 0. The number of nitrogen functional groups attached to an aromatic ring is 1. The number of anilines is 2. The zero-order chi connectivity index (χ0) is 13.5. The number of hydrogen-bond acceptors (Lipinski definition) is 8. The molecule has 9 nitrogen and oxygen atoms in total. The van der Waals surface area contributed by atoms with Crippen LogP contribution in [0.15, 0.2) is 12.1 Å². The Balaban J connectivity index is 2.75.